The van der Waals surface area contributed by atoms with E-state index >= 15 is 0 Å². The van der Waals surface area contributed by atoms with Crippen LogP contribution in [0.25, 0.3) is 0 Å². The van der Waals surface area contributed by atoms with Crippen LogP contribution in [0.5, 0.6) is 0 Å². The summed E-state index contributed by atoms with van der Waals surface area (Å²) in [5.41, 5.74) is -3.87. The second-order valence-corrected chi connectivity index (χ2v) is 25.7. The molecule has 79 heavy (non-hydrogen) atoms. The molecule has 2 atom stereocenters. The summed E-state index contributed by atoms with van der Waals surface area (Å²) in [6.45, 7) is 12.0. The normalized spacial score (nSPS) is 12.9. The fraction of sp³-hybridized carbons (Fsp3) is 0.944. The number of carbonyl (C=O) groups is 4. The van der Waals surface area contributed by atoms with Crippen molar-refractivity contribution in [3.63, 3.8) is 0 Å². The summed E-state index contributed by atoms with van der Waals surface area (Å²) in [4.78, 5) is 55.6. The van der Waals surface area contributed by atoms with Gasteiger partial charge in [0.25, 0.3) is 0 Å². The summed E-state index contributed by atoms with van der Waals surface area (Å²) in [6, 6.07) is 0. The maximum atomic E-state index is 14.1. The molecular formula is C71H136O8. The van der Waals surface area contributed by atoms with E-state index in [1.165, 1.54) is 270 Å². The summed E-state index contributed by atoms with van der Waals surface area (Å²) >= 11 is 0. The Morgan fingerprint density at radius 2 is 0.506 bits per heavy atom. The topological polar surface area (TPSA) is 116 Å². The van der Waals surface area contributed by atoms with Crippen molar-refractivity contribution in [3.8, 4) is 0 Å². The molecule has 0 fully saturated rings. The third kappa shape index (κ3) is 49.2. The SMILES string of the molecule is CCCCCCCCCCCCCCCCCCCCOC(=O)CC(O)(C(=O)OCCCCCCCCCCCCCCCCCCCC)C(C(=O)OCCCCCCCCCCCCCCCCCCCC)C(=O)C(C)(C)C. The molecule has 2 unspecified atom stereocenters. The van der Waals surface area contributed by atoms with Crippen molar-refractivity contribution in [1.82, 2.24) is 0 Å². The highest BCUT2D eigenvalue weighted by atomic mass is 16.6. The van der Waals surface area contributed by atoms with E-state index in [0.717, 1.165) is 57.8 Å². The van der Waals surface area contributed by atoms with Crippen LogP contribution in [0.15, 0.2) is 0 Å². The highest BCUT2D eigenvalue weighted by molar-refractivity contribution is 6.08. The standard InChI is InChI=1S/C71H136O8/c1-7-10-13-16-19-22-25-28-31-34-37-40-43-46-49-52-55-58-61-77-65(72)64-71(76,69(75)79-63-60-57-54-51-48-45-42-39-36-33-30-27-24-21-18-15-12-9-3)66(67(73)70(4,5)6)68(74)78-62-59-56-53-50-47-44-41-38-35-32-29-26-23-20-17-14-11-8-2/h66,76H,7-64H2,1-6H3. The maximum absolute atomic E-state index is 14.1. The number of hydrogen-bond acceptors (Lipinski definition) is 8. The van der Waals surface area contributed by atoms with Crippen LogP contribution in [0.3, 0.4) is 0 Å². The molecule has 468 valence electrons. The van der Waals surface area contributed by atoms with E-state index in [4.69, 9.17) is 14.2 Å². The molecule has 0 aliphatic rings. The van der Waals surface area contributed by atoms with Crippen molar-refractivity contribution >= 4 is 23.7 Å². The van der Waals surface area contributed by atoms with Crippen molar-refractivity contribution in [2.75, 3.05) is 19.8 Å². The summed E-state index contributed by atoms with van der Waals surface area (Å²) in [5.74, 6) is -5.55. The first-order chi connectivity index (χ1) is 38.4. The van der Waals surface area contributed by atoms with E-state index in [-0.39, 0.29) is 19.8 Å². The molecule has 0 saturated heterocycles. The van der Waals surface area contributed by atoms with Crippen LogP contribution >= 0.6 is 0 Å². The minimum Gasteiger partial charge on any atom is -0.466 e. The largest absolute Gasteiger partial charge is 0.466 e. The molecule has 0 spiro atoms. The number of aliphatic hydroxyl groups is 1. The number of rotatable bonds is 63. The summed E-state index contributed by atoms with van der Waals surface area (Å²) in [5, 5.41) is 12.3. The Bertz CT molecular complexity index is 1340. The van der Waals surface area contributed by atoms with E-state index in [9.17, 15) is 24.3 Å². The Morgan fingerprint density at radius 3 is 0.734 bits per heavy atom. The zero-order valence-corrected chi connectivity index (χ0v) is 53.9. The van der Waals surface area contributed by atoms with Crippen molar-refractivity contribution in [1.29, 1.82) is 0 Å². The number of hydrogen-bond donors (Lipinski definition) is 1. The first-order valence-corrected chi connectivity index (χ1v) is 35.2. The lowest BCUT2D eigenvalue weighted by molar-refractivity contribution is -0.189. The molecule has 8 nitrogen and oxygen atoms in total. The average molecular weight is 1120 g/mol. The van der Waals surface area contributed by atoms with Crippen LogP contribution in [0.1, 0.15) is 395 Å². The Labute approximate surface area is 491 Å². The van der Waals surface area contributed by atoms with Gasteiger partial charge < -0.3 is 19.3 Å². The Balaban J connectivity index is 5.00. The molecular weight excluding hydrogens is 981 g/mol. The smallest absolute Gasteiger partial charge is 0.340 e. The van der Waals surface area contributed by atoms with Crippen molar-refractivity contribution in [2.45, 2.75) is 400 Å². The summed E-state index contributed by atoms with van der Waals surface area (Å²) in [7, 11) is 0. The van der Waals surface area contributed by atoms with Gasteiger partial charge in [0.1, 0.15) is 0 Å². The first kappa shape index (κ1) is 77.0. The van der Waals surface area contributed by atoms with Crippen LogP contribution in [0.2, 0.25) is 0 Å². The number of esters is 3. The number of ether oxygens (including phenoxy) is 3. The van der Waals surface area contributed by atoms with E-state index < -0.39 is 47.0 Å². The van der Waals surface area contributed by atoms with Crippen LogP contribution in [-0.4, -0.2) is 54.2 Å². The molecule has 0 rings (SSSR count). The number of unbranched alkanes of at least 4 members (excludes halogenated alkanes) is 51. The molecule has 0 heterocycles. The first-order valence-electron chi connectivity index (χ1n) is 35.2. The summed E-state index contributed by atoms with van der Waals surface area (Å²) < 4.78 is 16.9. The van der Waals surface area contributed by atoms with Gasteiger partial charge in [-0.15, -0.1) is 0 Å². The third-order valence-corrected chi connectivity index (χ3v) is 16.7. The second-order valence-electron chi connectivity index (χ2n) is 25.7. The maximum Gasteiger partial charge on any atom is 0.340 e. The number of ketones is 1. The fourth-order valence-electron chi connectivity index (χ4n) is 11.3. The fourth-order valence-corrected chi connectivity index (χ4v) is 11.3. The number of carbonyl (C=O) groups excluding carboxylic acids is 4. The van der Waals surface area contributed by atoms with Gasteiger partial charge >= 0.3 is 17.9 Å². The van der Waals surface area contributed by atoms with Crippen molar-refractivity contribution in [3.05, 3.63) is 0 Å². The van der Waals surface area contributed by atoms with Gasteiger partial charge in [0.15, 0.2) is 17.3 Å². The lowest BCUT2D eigenvalue weighted by Crippen LogP contribution is -2.57. The van der Waals surface area contributed by atoms with Gasteiger partial charge in [0.2, 0.25) is 0 Å². The molecule has 0 aromatic carbocycles. The molecule has 1 N–H and O–H groups in total. The Hall–Kier alpha value is -1.96. The minimum atomic E-state index is -2.76. The molecule has 0 aromatic rings. The lowest BCUT2D eigenvalue weighted by atomic mass is 9.73. The van der Waals surface area contributed by atoms with E-state index in [0.29, 0.717) is 19.3 Å². The molecule has 0 radical (unpaired) electrons. The monoisotopic (exact) mass is 1120 g/mol. The van der Waals surface area contributed by atoms with E-state index in [1.807, 2.05) is 0 Å². The van der Waals surface area contributed by atoms with Crippen molar-refractivity contribution in [2.24, 2.45) is 11.3 Å². The van der Waals surface area contributed by atoms with E-state index in [1.54, 1.807) is 20.8 Å². The van der Waals surface area contributed by atoms with Gasteiger partial charge in [-0.2, -0.15) is 0 Å². The second kappa shape index (κ2) is 57.8. The molecule has 8 heteroatoms. The third-order valence-electron chi connectivity index (χ3n) is 16.7. The van der Waals surface area contributed by atoms with Crippen molar-refractivity contribution < 1.29 is 38.5 Å². The molecule has 0 aliphatic heterocycles. The van der Waals surface area contributed by atoms with Gasteiger partial charge in [0.05, 0.1) is 26.2 Å². The van der Waals surface area contributed by atoms with Crippen LogP contribution < -0.4 is 0 Å². The van der Waals surface area contributed by atoms with Crippen LogP contribution in [-0.2, 0) is 33.4 Å². The predicted molar refractivity (Wildman–Crippen MR) is 337 cm³/mol. The average Bonchev–Trinajstić information content (AvgIpc) is 3.51. The van der Waals surface area contributed by atoms with Gasteiger partial charge in [-0.25, -0.2) is 4.79 Å². The minimum absolute atomic E-state index is 0.0268. The predicted octanol–water partition coefficient (Wildman–Crippen LogP) is 22.1. The van der Waals surface area contributed by atoms with Gasteiger partial charge in [-0.1, -0.05) is 369 Å². The molecule has 0 aliphatic carbocycles. The van der Waals surface area contributed by atoms with Gasteiger partial charge in [-0.05, 0) is 19.3 Å². The van der Waals surface area contributed by atoms with E-state index in [2.05, 4.69) is 20.8 Å². The molecule has 0 saturated carbocycles. The number of Topliss-reactive ketones (excluding diaryl/α,β-unsaturated/α-hetero) is 1. The zero-order valence-electron chi connectivity index (χ0n) is 53.9. The lowest BCUT2D eigenvalue weighted by Gasteiger charge is -2.34. The summed E-state index contributed by atoms with van der Waals surface area (Å²) in [6.07, 6.45) is 66.6. The zero-order chi connectivity index (χ0) is 58.0. The van der Waals surface area contributed by atoms with Crippen LogP contribution in [0, 0.1) is 11.3 Å². The van der Waals surface area contributed by atoms with Gasteiger partial charge in [-0.3, -0.25) is 14.4 Å². The van der Waals surface area contributed by atoms with Gasteiger partial charge in [0, 0.05) is 5.41 Å². The quantitative estimate of drug-likeness (QED) is 0.0277. The molecule has 0 amide bonds. The highest BCUT2D eigenvalue weighted by Gasteiger charge is 2.57. The molecule has 0 aromatic heterocycles. The highest BCUT2D eigenvalue weighted by Crippen LogP contribution is 2.34. The van der Waals surface area contributed by atoms with Crippen LogP contribution in [0.4, 0.5) is 0 Å². The molecule has 0 bridgehead atoms. The Morgan fingerprint density at radius 1 is 0.304 bits per heavy atom. The Kier molecular flexibility index (Phi) is 56.4.